The molecule has 0 aromatic heterocycles. The first-order valence-corrected chi connectivity index (χ1v) is 3.61. The Morgan fingerprint density at radius 3 is 2.92 bits per heavy atom. The molecule has 0 aliphatic heterocycles. The van der Waals surface area contributed by atoms with Gasteiger partial charge in [-0.2, -0.15) is 0 Å². The van der Waals surface area contributed by atoms with Gasteiger partial charge in [0.1, 0.15) is 18.1 Å². The Kier molecular flexibility index (Phi) is 3.05. The van der Waals surface area contributed by atoms with E-state index >= 15 is 0 Å². The van der Waals surface area contributed by atoms with E-state index in [1.165, 1.54) is 13.2 Å². The van der Waals surface area contributed by atoms with Crippen LogP contribution in [0.4, 0.5) is 4.39 Å². The van der Waals surface area contributed by atoms with E-state index in [0.717, 1.165) is 0 Å². The van der Waals surface area contributed by atoms with Crippen molar-refractivity contribution in [3.63, 3.8) is 0 Å². The quantitative estimate of drug-likeness (QED) is 0.652. The zero-order valence-electron chi connectivity index (χ0n) is 6.93. The van der Waals surface area contributed by atoms with Gasteiger partial charge in [0.05, 0.1) is 12.7 Å². The Labute approximate surface area is 71.4 Å². The van der Waals surface area contributed by atoms with E-state index in [1.54, 1.807) is 12.1 Å². The molecular weight excluding hydrogens is 157 g/mol. The number of hydrogen-bond acceptors (Lipinski definition) is 2. The second-order valence-corrected chi connectivity index (χ2v) is 2.35. The third-order valence-electron chi connectivity index (χ3n) is 1.60. The Bertz CT molecular complexity index is 263. The highest BCUT2D eigenvalue weighted by Gasteiger charge is 2.08. The molecule has 0 atom stereocenters. The fourth-order valence-electron chi connectivity index (χ4n) is 1.03. The fraction of sp³-hybridized carbons (Fsp3) is 0.222. The van der Waals surface area contributed by atoms with Crippen molar-refractivity contribution in [1.29, 1.82) is 0 Å². The Hall–Kier alpha value is -1.09. The van der Waals surface area contributed by atoms with Crippen molar-refractivity contribution in [1.82, 2.24) is 0 Å². The SMILES string of the molecule is [CH2-][NH+]Cc1c(F)cccc1OC. The summed E-state index contributed by atoms with van der Waals surface area (Å²) in [5, 5.41) is 2.63. The lowest BCUT2D eigenvalue weighted by Crippen LogP contribution is -2.75. The van der Waals surface area contributed by atoms with Crippen molar-refractivity contribution >= 4 is 0 Å². The smallest absolute Gasteiger partial charge is 0.135 e. The summed E-state index contributed by atoms with van der Waals surface area (Å²) in [6, 6.07) is 4.73. The minimum Gasteiger partial charge on any atom is -0.496 e. The number of methoxy groups -OCH3 is 1. The van der Waals surface area contributed by atoms with Gasteiger partial charge >= 0.3 is 0 Å². The number of rotatable bonds is 3. The van der Waals surface area contributed by atoms with Gasteiger partial charge in [0.2, 0.25) is 0 Å². The second-order valence-electron chi connectivity index (χ2n) is 2.35. The topological polar surface area (TPSA) is 24.8 Å². The molecule has 65 valence electrons. The van der Waals surface area contributed by atoms with Gasteiger partial charge in [0, 0.05) is 0 Å². The summed E-state index contributed by atoms with van der Waals surface area (Å²) in [4.78, 5) is 0. The third kappa shape index (κ3) is 1.74. The van der Waals surface area contributed by atoms with Gasteiger partial charge in [-0.25, -0.2) is 4.39 Å². The molecule has 1 rings (SSSR count). The van der Waals surface area contributed by atoms with E-state index in [2.05, 4.69) is 12.4 Å². The first-order chi connectivity index (χ1) is 5.79. The van der Waals surface area contributed by atoms with Crippen LogP contribution in [-0.2, 0) is 6.54 Å². The molecule has 0 unspecified atom stereocenters. The normalized spacial score (nSPS) is 9.92. The van der Waals surface area contributed by atoms with Crippen LogP contribution in [0.5, 0.6) is 5.75 Å². The highest BCUT2D eigenvalue weighted by molar-refractivity contribution is 5.33. The molecule has 3 heteroatoms. The number of nitrogens with one attached hydrogen (secondary N) is 1. The third-order valence-corrected chi connectivity index (χ3v) is 1.60. The Morgan fingerprint density at radius 2 is 2.33 bits per heavy atom. The van der Waals surface area contributed by atoms with E-state index in [9.17, 15) is 4.39 Å². The van der Waals surface area contributed by atoms with Crippen LogP contribution < -0.4 is 10.1 Å². The Morgan fingerprint density at radius 1 is 1.58 bits per heavy atom. The lowest BCUT2D eigenvalue weighted by atomic mass is 10.2. The van der Waals surface area contributed by atoms with Crippen LogP contribution in [0, 0.1) is 12.9 Å². The lowest BCUT2D eigenvalue weighted by Gasteiger charge is -2.06. The molecular formula is C9H11FNO. The highest BCUT2D eigenvalue weighted by Crippen LogP contribution is 2.19. The molecule has 1 N–H and O–H groups in total. The molecule has 0 bridgehead atoms. The van der Waals surface area contributed by atoms with Gasteiger partial charge in [-0.3, -0.25) is 0 Å². The van der Waals surface area contributed by atoms with Crippen molar-refractivity contribution in [3.05, 3.63) is 36.6 Å². The predicted molar refractivity (Wildman–Crippen MR) is 43.0 cm³/mol. The molecule has 0 aliphatic rings. The van der Waals surface area contributed by atoms with Gasteiger partial charge in [0.25, 0.3) is 0 Å². The minimum absolute atomic E-state index is 0.273. The van der Waals surface area contributed by atoms with E-state index < -0.39 is 0 Å². The van der Waals surface area contributed by atoms with Crippen molar-refractivity contribution in [2.75, 3.05) is 7.11 Å². The summed E-state index contributed by atoms with van der Waals surface area (Å²) in [6.45, 7) is 0.371. The zero-order chi connectivity index (χ0) is 8.97. The summed E-state index contributed by atoms with van der Waals surface area (Å²) < 4.78 is 18.0. The number of benzene rings is 1. The van der Waals surface area contributed by atoms with Gasteiger partial charge in [-0.15, -0.1) is 7.05 Å². The summed E-state index contributed by atoms with van der Waals surface area (Å²) in [6.07, 6.45) is 0. The predicted octanol–water partition coefficient (Wildman–Crippen LogP) is 0.475. The van der Waals surface area contributed by atoms with E-state index in [-0.39, 0.29) is 5.82 Å². The second kappa shape index (κ2) is 4.07. The molecule has 0 aliphatic carbocycles. The minimum atomic E-state index is -0.273. The van der Waals surface area contributed by atoms with E-state index in [0.29, 0.717) is 17.9 Å². The maximum absolute atomic E-state index is 13.1. The van der Waals surface area contributed by atoms with Gasteiger partial charge in [0.15, 0.2) is 0 Å². The maximum Gasteiger partial charge on any atom is 0.135 e. The van der Waals surface area contributed by atoms with Crippen molar-refractivity contribution < 1.29 is 14.4 Å². The summed E-state index contributed by atoms with van der Waals surface area (Å²) >= 11 is 0. The van der Waals surface area contributed by atoms with Crippen LogP contribution in [0.15, 0.2) is 18.2 Å². The standard InChI is InChI=1S/C9H11FNO/c1-11-6-7-8(10)4-3-5-9(7)12-2/h3-5,11H,1,6H2,2H3. The molecule has 0 heterocycles. The molecule has 0 saturated heterocycles. The highest BCUT2D eigenvalue weighted by atomic mass is 19.1. The van der Waals surface area contributed by atoms with Gasteiger partial charge < -0.3 is 10.1 Å². The van der Waals surface area contributed by atoms with Gasteiger partial charge in [-0.1, -0.05) is 6.07 Å². The molecule has 0 amide bonds. The molecule has 0 saturated carbocycles. The van der Waals surface area contributed by atoms with Crippen LogP contribution in [0.25, 0.3) is 0 Å². The average Bonchev–Trinajstić information content (AvgIpc) is 2.09. The molecule has 12 heavy (non-hydrogen) atoms. The summed E-state index contributed by atoms with van der Waals surface area (Å²) in [5.41, 5.74) is 0.509. The van der Waals surface area contributed by atoms with Crippen LogP contribution >= 0.6 is 0 Å². The first-order valence-electron chi connectivity index (χ1n) is 3.61. The monoisotopic (exact) mass is 168 g/mol. The van der Waals surface area contributed by atoms with E-state index in [1.807, 2.05) is 0 Å². The molecule has 1 aromatic rings. The maximum atomic E-state index is 13.1. The molecule has 1 radical (unpaired) electrons. The fourth-order valence-corrected chi connectivity index (χ4v) is 1.03. The number of ether oxygens (including phenoxy) is 1. The summed E-state index contributed by atoms with van der Waals surface area (Å²) in [5.74, 6) is 0.275. The van der Waals surface area contributed by atoms with Crippen LogP contribution in [-0.4, -0.2) is 7.11 Å². The molecule has 0 fully saturated rings. The molecule has 1 aromatic carbocycles. The lowest BCUT2D eigenvalue weighted by molar-refractivity contribution is -0.612. The van der Waals surface area contributed by atoms with Crippen LogP contribution in [0.1, 0.15) is 5.56 Å². The van der Waals surface area contributed by atoms with Crippen molar-refractivity contribution in [3.8, 4) is 5.75 Å². The van der Waals surface area contributed by atoms with Crippen molar-refractivity contribution in [2.24, 2.45) is 0 Å². The van der Waals surface area contributed by atoms with Crippen LogP contribution in [0.3, 0.4) is 0 Å². The largest absolute Gasteiger partial charge is 0.496 e. The number of halogens is 1. The average molecular weight is 168 g/mol. The van der Waals surface area contributed by atoms with Crippen molar-refractivity contribution in [2.45, 2.75) is 6.54 Å². The molecule has 2 nitrogen and oxygen atoms in total. The van der Waals surface area contributed by atoms with E-state index in [4.69, 9.17) is 4.74 Å². The number of hydrogen-bond donors (Lipinski definition) is 1. The Balaban J connectivity index is 3.02. The van der Waals surface area contributed by atoms with Gasteiger partial charge in [-0.05, 0) is 12.1 Å². The molecule has 0 spiro atoms. The first kappa shape index (κ1) is 9.00. The van der Waals surface area contributed by atoms with Crippen LogP contribution in [0.2, 0.25) is 0 Å². The summed E-state index contributed by atoms with van der Waals surface area (Å²) in [7, 11) is 4.94. The zero-order valence-corrected chi connectivity index (χ0v) is 6.93.